The number of aliphatic hydroxyl groups is 1. The zero-order chi connectivity index (χ0) is 15.0. The maximum Gasteiger partial charge on any atom is 0.303 e. The molecule has 0 heterocycles. The summed E-state index contributed by atoms with van der Waals surface area (Å²) >= 11 is 0. The van der Waals surface area contributed by atoms with Crippen LogP contribution in [-0.2, 0) is 9.53 Å². The van der Waals surface area contributed by atoms with Gasteiger partial charge < -0.3 is 20.3 Å². The number of hydrogen-bond acceptors (Lipinski definition) is 4. The Morgan fingerprint density at radius 3 is 2.55 bits per heavy atom. The molecule has 5 nitrogen and oxygen atoms in total. The van der Waals surface area contributed by atoms with Crippen molar-refractivity contribution in [2.24, 2.45) is 0 Å². The molecule has 0 spiro atoms. The maximum atomic E-state index is 10.7. The highest BCUT2D eigenvalue weighted by atomic mass is 16.5. The van der Waals surface area contributed by atoms with Crippen LogP contribution in [0, 0.1) is 6.92 Å². The van der Waals surface area contributed by atoms with E-state index in [0.29, 0.717) is 19.6 Å². The molecule has 1 rings (SSSR count). The summed E-state index contributed by atoms with van der Waals surface area (Å²) in [5.74, 6) is -0.861. The molecule has 0 bridgehead atoms. The number of methoxy groups -OCH3 is 1. The molecule has 0 saturated carbocycles. The predicted molar refractivity (Wildman–Crippen MR) is 76.7 cm³/mol. The summed E-state index contributed by atoms with van der Waals surface area (Å²) in [6, 6.07) is 7.30. The van der Waals surface area contributed by atoms with Gasteiger partial charge in [0.05, 0.1) is 12.7 Å². The largest absolute Gasteiger partial charge is 0.481 e. The molecule has 0 aliphatic rings. The Morgan fingerprint density at radius 2 is 2.00 bits per heavy atom. The lowest BCUT2D eigenvalue weighted by atomic mass is 9.97. The molecular weight excluding hydrogens is 258 g/mol. The van der Waals surface area contributed by atoms with E-state index in [-0.39, 0.29) is 12.5 Å². The standard InChI is InChI=1S/C15H23NO4/c1-11-3-5-12(6-4-11)15(19)13(7-8-14(17)18)16-9-10-20-2/h3-6,13,15-16,19H,7-10H2,1-2H3,(H,17,18). The van der Waals surface area contributed by atoms with Gasteiger partial charge in [0.1, 0.15) is 0 Å². The fourth-order valence-electron chi connectivity index (χ4n) is 1.99. The first-order valence-electron chi connectivity index (χ1n) is 6.73. The first kappa shape index (κ1) is 16.6. The van der Waals surface area contributed by atoms with E-state index in [1.54, 1.807) is 7.11 Å². The van der Waals surface area contributed by atoms with Crippen molar-refractivity contribution in [3.63, 3.8) is 0 Å². The summed E-state index contributed by atoms with van der Waals surface area (Å²) in [5.41, 5.74) is 1.91. The summed E-state index contributed by atoms with van der Waals surface area (Å²) in [6.45, 7) is 3.07. The highest BCUT2D eigenvalue weighted by molar-refractivity contribution is 5.66. The molecule has 0 fully saturated rings. The van der Waals surface area contributed by atoms with Crippen molar-refractivity contribution in [1.82, 2.24) is 5.32 Å². The van der Waals surface area contributed by atoms with Crippen molar-refractivity contribution in [1.29, 1.82) is 0 Å². The Balaban J connectivity index is 2.68. The molecule has 0 amide bonds. The van der Waals surface area contributed by atoms with Crippen molar-refractivity contribution in [2.75, 3.05) is 20.3 Å². The summed E-state index contributed by atoms with van der Waals surface area (Å²) in [7, 11) is 1.60. The first-order valence-corrected chi connectivity index (χ1v) is 6.73. The second-order valence-electron chi connectivity index (χ2n) is 4.84. The average Bonchev–Trinajstić information content (AvgIpc) is 2.42. The number of ether oxygens (including phenoxy) is 1. The van der Waals surface area contributed by atoms with Gasteiger partial charge in [0.25, 0.3) is 0 Å². The summed E-state index contributed by atoms with van der Waals surface area (Å²) in [6.07, 6.45) is -0.339. The van der Waals surface area contributed by atoms with Crippen molar-refractivity contribution >= 4 is 5.97 Å². The minimum absolute atomic E-state index is 0.0214. The number of aryl methyl sites for hydroxylation is 1. The van der Waals surface area contributed by atoms with Crippen molar-refractivity contribution < 1.29 is 19.7 Å². The van der Waals surface area contributed by atoms with Gasteiger partial charge in [-0.05, 0) is 18.9 Å². The molecule has 3 N–H and O–H groups in total. The minimum Gasteiger partial charge on any atom is -0.481 e. The lowest BCUT2D eigenvalue weighted by Crippen LogP contribution is -2.37. The molecule has 0 radical (unpaired) electrons. The molecule has 0 saturated heterocycles. The van der Waals surface area contributed by atoms with E-state index >= 15 is 0 Å². The normalized spacial score (nSPS) is 13.9. The van der Waals surface area contributed by atoms with Gasteiger partial charge in [-0.15, -0.1) is 0 Å². The molecule has 0 aliphatic carbocycles. The Labute approximate surface area is 119 Å². The third kappa shape index (κ3) is 5.69. The van der Waals surface area contributed by atoms with E-state index in [4.69, 9.17) is 9.84 Å². The van der Waals surface area contributed by atoms with Crippen molar-refractivity contribution in [3.05, 3.63) is 35.4 Å². The zero-order valence-electron chi connectivity index (χ0n) is 12.0. The van der Waals surface area contributed by atoms with E-state index < -0.39 is 12.1 Å². The predicted octanol–water partition coefficient (Wildman–Crippen LogP) is 1.50. The van der Waals surface area contributed by atoms with Gasteiger partial charge in [0.2, 0.25) is 0 Å². The molecule has 112 valence electrons. The Kier molecular flexibility index (Phi) is 7.22. The van der Waals surface area contributed by atoms with Crippen LogP contribution in [0.2, 0.25) is 0 Å². The number of aliphatic hydroxyl groups excluding tert-OH is 1. The number of aliphatic carboxylic acids is 1. The second-order valence-corrected chi connectivity index (χ2v) is 4.84. The number of carbonyl (C=O) groups is 1. The van der Waals surface area contributed by atoms with Crippen LogP contribution in [0.4, 0.5) is 0 Å². The smallest absolute Gasteiger partial charge is 0.303 e. The number of nitrogens with one attached hydrogen (secondary N) is 1. The van der Waals surface area contributed by atoms with Crippen LogP contribution in [0.3, 0.4) is 0 Å². The van der Waals surface area contributed by atoms with Gasteiger partial charge >= 0.3 is 5.97 Å². The molecule has 20 heavy (non-hydrogen) atoms. The van der Waals surface area contributed by atoms with Crippen LogP contribution >= 0.6 is 0 Å². The lowest BCUT2D eigenvalue weighted by Gasteiger charge is -2.24. The number of carboxylic acid groups (broad SMARTS) is 1. The van der Waals surface area contributed by atoms with Crippen LogP contribution in [0.15, 0.2) is 24.3 Å². The molecule has 2 unspecified atom stereocenters. The van der Waals surface area contributed by atoms with Gasteiger partial charge in [-0.3, -0.25) is 4.79 Å². The van der Waals surface area contributed by atoms with Crippen molar-refractivity contribution in [3.8, 4) is 0 Å². The van der Waals surface area contributed by atoms with E-state index in [0.717, 1.165) is 11.1 Å². The van der Waals surface area contributed by atoms with Gasteiger partial charge in [-0.1, -0.05) is 29.8 Å². The second kappa shape index (κ2) is 8.68. The van der Waals surface area contributed by atoms with E-state index in [1.165, 1.54) is 0 Å². The first-order chi connectivity index (χ1) is 9.54. The van der Waals surface area contributed by atoms with Gasteiger partial charge in [0.15, 0.2) is 0 Å². The fourth-order valence-corrected chi connectivity index (χ4v) is 1.99. The molecule has 0 aliphatic heterocycles. The van der Waals surface area contributed by atoms with Gasteiger partial charge in [0, 0.05) is 26.1 Å². The number of carboxylic acids is 1. The quantitative estimate of drug-likeness (QED) is 0.598. The van der Waals surface area contributed by atoms with Crippen molar-refractivity contribution in [2.45, 2.75) is 31.9 Å². The molecule has 2 atom stereocenters. The van der Waals surface area contributed by atoms with E-state index in [1.807, 2.05) is 31.2 Å². The lowest BCUT2D eigenvalue weighted by molar-refractivity contribution is -0.137. The monoisotopic (exact) mass is 281 g/mol. The Morgan fingerprint density at radius 1 is 1.35 bits per heavy atom. The SMILES string of the molecule is COCCNC(CCC(=O)O)C(O)c1ccc(C)cc1. The van der Waals surface area contributed by atoms with Crippen LogP contribution < -0.4 is 5.32 Å². The minimum atomic E-state index is -0.861. The van der Waals surface area contributed by atoms with E-state index in [9.17, 15) is 9.90 Å². The molecule has 5 heteroatoms. The number of hydrogen-bond donors (Lipinski definition) is 3. The van der Waals surface area contributed by atoms with Gasteiger partial charge in [-0.25, -0.2) is 0 Å². The van der Waals surface area contributed by atoms with Crippen LogP contribution in [0.1, 0.15) is 30.1 Å². The Bertz CT molecular complexity index is 405. The van der Waals surface area contributed by atoms with E-state index in [2.05, 4.69) is 5.32 Å². The highest BCUT2D eigenvalue weighted by Crippen LogP contribution is 2.20. The molecule has 1 aromatic carbocycles. The third-order valence-corrected chi connectivity index (χ3v) is 3.18. The molecule has 0 aromatic heterocycles. The summed E-state index contributed by atoms with van der Waals surface area (Å²) < 4.78 is 4.96. The number of benzene rings is 1. The Hall–Kier alpha value is -1.43. The topological polar surface area (TPSA) is 78.8 Å². The fraction of sp³-hybridized carbons (Fsp3) is 0.533. The maximum absolute atomic E-state index is 10.7. The number of rotatable bonds is 9. The van der Waals surface area contributed by atoms with Gasteiger partial charge in [-0.2, -0.15) is 0 Å². The average molecular weight is 281 g/mol. The summed E-state index contributed by atoms with van der Waals surface area (Å²) in [4.78, 5) is 10.7. The van der Waals surface area contributed by atoms with Crippen LogP contribution in [-0.4, -0.2) is 42.5 Å². The highest BCUT2D eigenvalue weighted by Gasteiger charge is 2.21. The zero-order valence-corrected chi connectivity index (χ0v) is 12.0. The van der Waals surface area contributed by atoms with Crippen LogP contribution in [0.25, 0.3) is 0 Å². The molecular formula is C15H23NO4. The summed E-state index contributed by atoms with van der Waals surface area (Å²) in [5, 5.41) is 22.3. The molecule has 1 aromatic rings. The van der Waals surface area contributed by atoms with Crippen LogP contribution in [0.5, 0.6) is 0 Å². The third-order valence-electron chi connectivity index (χ3n) is 3.18.